The molecular weight excluding hydrogens is 307 g/mol. The molecule has 0 spiro atoms. The van der Waals surface area contributed by atoms with E-state index in [9.17, 15) is 14.3 Å². The Balaban J connectivity index is 1.64. The van der Waals surface area contributed by atoms with Crippen LogP contribution < -0.4 is 5.32 Å². The zero-order chi connectivity index (χ0) is 17.0. The van der Waals surface area contributed by atoms with Crippen molar-refractivity contribution in [2.75, 3.05) is 19.6 Å². The molecule has 2 fully saturated rings. The minimum absolute atomic E-state index is 0.0189. The minimum atomic E-state index is -1.45. The van der Waals surface area contributed by atoms with Crippen LogP contribution in [0.15, 0.2) is 24.3 Å². The zero-order valence-corrected chi connectivity index (χ0v) is 14.1. The molecule has 3 rings (SSSR count). The molecule has 1 aromatic carbocycles. The summed E-state index contributed by atoms with van der Waals surface area (Å²) in [6.45, 7) is 2.72. The van der Waals surface area contributed by atoms with Crippen LogP contribution in [0, 0.1) is 5.82 Å². The second-order valence-corrected chi connectivity index (χ2v) is 7.12. The van der Waals surface area contributed by atoms with Crippen LogP contribution in [0.1, 0.15) is 56.6 Å². The SMILES string of the molecule is O=C(NCC1(N2CCCCC2)CCCC1)[C@@H](O)c1ccccc1F. The van der Waals surface area contributed by atoms with Gasteiger partial charge in [0.25, 0.3) is 5.91 Å². The molecule has 0 radical (unpaired) electrons. The average molecular weight is 334 g/mol. The molecule has 4 nitrogen and oxygen atoms in total. The molecule has 24 heavy (non-hydrogen) atoms. The molecule has 0 unspecified atom stereocenters. The molecule has 2 N–H and O–H groups in total. The third-order valence-corrected chi connectivity index (χ3v) is 5.60. The number of likely N-dealkylation sites (tertiary alicyclic amines) is 1. The van der Waals surface area contributed by atoms with Crippen LogP contribution in [0.3, 0.4) is 0 Å². The molecule has 1 atom stereocenters. The third-order valence-electron chi connectivity index (χ3n) is 5.60. The first-order valence-corrected chi connectivity index (χ1v) is 9.08. The summed E-state index contributed by atoms with van der Waals surface area (Å²) in [5, 5.41) is 13.1. The summed E-state index contributed by atoms with van der Waals surface area (Å²) >= 11 is 0. The molecule has 1 aromatic rings. The van der Waals surface area contributed by atoms with Crippen molar-refractivity contribution in [3.63, 3.8) is 0 Å². The molecule has 1 heterocycles. The largest absolute Gasteiger partial charge is 0.378 e. The fourth-order valence-electron chi connectivity index (χ4n) is 4.19. The van der Waals surface area contributed by atoms with E-state index in [-0.39, 0.29) is 11.1 Å². The smallest absolute Gasteiger partial charge is 0.253 e. The molecule has 1 saturated carbocycles. The molecule has 1 aliphatic carbocycles. The number of nitrogens with one attached hydrogen (secondary N) is 1. The van der Waals surface area contributed by atoms with Gasteiger partial charge in [0.15, 0.2) is 6.10 Å². The topological polar surface area (TPSA) is 52.6 Å². The number of piperidine rings is 1. The maximum Gasteiger partial charge on any atom is 0.253 e. The van der Waals surface area contributed by atoms with E-state index in [2.05, 4.69) is 10.2 Å². The second-order valence-electron chi connectivity index (χ2n) is 7.12. The van der Waals surface area contributed by atoms with Gasteiger partial charge in [-0.1, -0.05) is 37.5 Å². The van der Waals surface area contributed by atoms with Crippen LogP contribution in [0.5, 0.6) is 0 Å². The van der Waals surface area contributed by atoms with E-state index in [1.165, 1.54) is 44.2 Å². The summed E-state index contributed by atoms with van der Waals surface area (Å²) < 4.78 is 13.8. The van der Waals surface area contributed by atoms with Gasteiger partial charge in [0, 0.05) is 17.6 Å². The Morgan fingerprint density at radius 3 is 2.50 bits per heavy atom. The van der Waals surface area contributed by atoms with Crippen molar-refractivity contribution in [2.45, 2.75) is 56.6 Å². The number of rotatable bonds is 5. The quantitative estimate of drug-likeness (QED) is 0.871. The lowest BCUT2D eigenvalue weighted by Gasteiger charge is -2.43. The summed E-state index contributed by atoms with van der Waals surface area (Å²) in [5.74, 6) is -1.06. The van der Waals surface area contributed by atoms with Gasteiger partial charge in [-0.2, -0.15) is 0 Å². The van der Waals surface area contributed by atoms with E-state index < -0.39 is 17.8 Å². The Labute approximate surface area is 143 Å². The van der Waals surface area contributed by atoms with E-state index in [1.54, 1.807) is 12.1 Å². The molecular formula is C19H27FN2O2. The monoisotopic (exact) mass is 334 g/mol. The average Bonchev–Trinajstić information content (AvgIpc) is 3.10. The number of aliphatic hydroxyl groups excluding tert-OH is 1. The highest BCUT2D eigenvalue weighted by Gasteiger charge is 2.40. The molecule has 0 bridgehead atoms. The predicted octanol–water partition coefficient (Wildman–Crippen LogP) is 2.77. The Kier molecular flexibility index (Phi) is 5.51. The Bertz CT molecular complexity index is 566. The Morgan fingerprint density at radius 2 is 1.83 bits per heavy atom. The van der Waals surface area contributed by atoms with Crippen LogP contribution in [0.2, 0.25) is 0 Å². The van der Waals surface area contributed by atoms with E-state index in [1.807, 2.05) is 0 Å². The molecule has 2 aliphatic rings. The van der Waals surface area contributed by atoms with Crippen LogP contribution in [-0.2, 0) is 4.79 Å². The zero-order valence-electron chi connectivity index (χ0n) is 14.1. The van der Waals surface area contributed by atoms with Crippen LogP contribution in [0.25, 0.3) is 0 Å². The normalized spacial score (nSPS) is 22.2. The molecule has 5 heteroatoms. The van der Waals surface area contributed by atoms with Crippen molar-refractivity contribution in [1.29, 1.82) is 0 Å². The van der Waals surface area contributed by atoms with Gasteiger partial charge in [0.1, 0.15) is 5.82 Å². The maximum atomic E-state index is 13.8. The number of hydrogen-bond donors (Lipinski definition) is 2. The van der Waals surface area contributed by atoms with E-state index >= 15 is 0 Å². The second kappa shape index (κ2) is 7.62. The van der Waals surface area contributed by atoms with Crippen molar-refractivity contribution in [1.82, 2.24) is 10.2 Å². The van der Waals surface area contributed by atoms with Crippen LogP contribution in [0.4, 0.5) is 4.39 Å². The van der Waals surface area contributed by atoms with E-state index in [0.717, 1.165) is 25.9 Å². The minimum Gasteiger partial charge on any atom is -0.378 e. The van der Waals surface area contributed by atoms with Crippen molar-refractivity contribution in [3.8, 4) is 0 Å². The van der Waals surface area contributed by atoms with Gasteiger partial charge < -0.3 is 10.4 Å². The van der Waals surface area contributed by atoms with Crippen LogP contribution in [-0.4, -0.2) is 41.1 Å². The number of hydrogen-bond acceptors (Lipinski definition) is 3. The highest BCUT2D eigenvalue weighted by Crippen LogP contribution is 2.36. The van der Waals surface area contributed by atoms with Crippen LogP contribution >= 0.6 is 0 Å². The van der Waals surface area contributed by atoms with Gasteiger partial charge in [-0.3, -0.25) is 9.69 Å². The molecule has 1 aliphatic heterocycles. The number of aliphatic hydroxyl groups is 1. The first-order chi connectivity index (χ1) is 11.6. The fourth-order valence-corrected chi connectivity index (χ4v) is 4.19. The van der Waals surface area contributed by atoms with Crippen molar-refractivity contribution in [2.24, 2.45) is 0 Å². The third kappa shape index (κ3) is 3.62. The molecule has 0 aromatic heterocycles. The first-order valence-electron chi connectivity index (χ1n) is 9.08. The van der Waals surface area contributed by atoms with Gasteiger partial charge >= 0.3 is 0 Å². The highest BCUT2D eigenvalue weighted by molar-refractivity contribution is 5.82. The highest BCUT2D eigenvalue weighted by atomic mass is 19.1. The Morgan fingerprint density at radius 1 is 1.17 bits per heavy atom. The lowest BCUT2D eigenvalue weighted by Crippen LogP contribution is -2.56. The standard InChI is InChI=1S/C19H27FN2O2/c20-16-9-3-2-8-15(16)17(23)18(24)21-14-19(10-4-5-11-19)22-12-6-1-7-13-22/h2-3,8-9,17,23H,1,4-7,10-14H2,(H,21,24)/t17-/m0/s1. The summed E-state index contributed by atoms with van der Waals surface area (Å²) in [6, 6.07) is 5.89. The predicted molar refractivity (Wildman–Crippen MR) is 91.0 cm³/mol. The lowest BCUT2D eigenvalue weighted by atomic mass is 9.92. The lowest BCUT2D eigenvalue weighted by molar-refractivity contribution is -0.130. The molecule has 1 amide bonds. The van der Waals surface area contributed by atoms with Crippen molar-refractivity contribution < 1.29 is 14.3 Å². The number of nitrogens with zero attached hydrogens (tertiary/aromatic N) is 1. The number of halogens is 1. The van der Waals surface area contributed by atoms with Gasteiger partial charge in [-0.05, 0) is 44.8 Å². The van der Waals surface area contributed by atoms with Gasteiger partial charge in [0.05, 0.1) is 0 Å². The molecule has 132 valence electrons. The van der Waals surface area contributed by atoms with Gasteiger partial charge in [0.2, 0.25) is 0 Å². The number of benzene rings is 1. The maximum absolute atomic E-state index is 13.8. The fraction of sp³-hybridized carbons (Fsp3) is 0.632. The summed E-state index contributed by atoms with van der Waals surface area (Å²) in [6.07, 6.45) is 6.80. The summed E-state index contributed by atoms with van der Waals surface area (Å²) in [4.78, 5) is 14.9. The summed E-state index contributed by atoms with van der Waals surface area (Å²) in [7, 11) is 0. The van der Waals surface area contributed by atoms with Crippen molar-refractivity contribution >= 4 is 5.91 Å². The Hall–Kier alpha value is -1.46. The number of carbonyl (C=O) groups is 1. The van der Waals surface area contributed by atoms with Gasteiger partial charge in [-0.15, -0.1) is 0 Å². The van der Waals surface area contributed by atoms with E-state index in [0.29, 0.717) is 6.54 Å². The number of carbonyl (C=O) groups excluding carboxylic acids is 1. The van der Waals surface area contributed by atoms with Crippen molar-refractivity contribution in [3.05, 3.63) is 35.6 Å². The van der Waals surface area contributed by atoms with E-state index in [4.69, 9.17) is 0 Å². The van der Waals surface area contributed by atoms with Gasteiger partial charge in [-0.25, -0.2) is 4.39 Å². The summed E-state index contributed by atoms with van der Waals surface area (Å²) in [5.41, 5.74) is 0.0545. The molecule has 1 saturated heterocycles. The first kappa shape index (κ1) is 17.4. The number of amides is 1.